The van der Waals surface area contributed by atoms with Crippen LogP contribution in [0.4, 0.5) is 0 Å². The lowest BCUT2D eigenvalue weighted by Crippen LogP contribution is -1.92. The molecule has 0 saturated carbocycles. The first-order chi connectivity index (χ1) is 49.6. The first kappa shape index (κ1) is 66.6. The third kappa shape index (κ3) is 12.6. The van der Waals surface area contributed by atoms with Gasteiger partial charge in [-0.1, -0.05) is 204 Å². The molecule has 0 N–H and O–H groups in total. The van der Waals surface area contributed by atoms with Gasteiger partial charge in [-0.25, -0.2) is 0 Å². The van der Waals surface area contributed by atoms with Crippen molar-refractivity contribution in [3.8, 4) is 11.4 Å². The number of furan rings is 2. The molecule has 500 valence electrons. The minimum absolute atomic E-state index is 0.977. The van der Waals surface area contributed by atoms with Gasteiger partial charge in [-0.2, -0.15) is 0 Å². The van der Waals surface area contributed by atoms with Crippen molar-refractivity contribution in [3.63, 3.8) is 0 Å². The number of benzene rings is 14. The average Bonchev–Trinajstić information content (AvgIpc) is 1.67. The Bertz CT molecular complexity index is 5970. The minimum Gasteiger partial charge on any atom is -0.456 e. The van der Waals surface area contributed by atoms with Gasteiger partial charge < -0.3 is 18.0 Å². The van der Waals surface area contributed by atoms with Crippen molar-refractivity contribution in [1.29, 1.82) is 0 Å². The van der Waals surface area contributed by atoms with Crippen LogP contribution >= 0.6 is 22.7 Å². The smallest absolute Gasteiger partial charge is 0.138 e. The van der Waals surface area contributed by atoms with E-state index in [2.05, 4.69) is 347 Å². The highest BCUT2D eigenvalue weighted by Gasteiger charge is 2.17. The molecule has 102 heavy (non-hydrogen) atoms. The molecule has 14 aromatic carbocycles. The summed E-state index contributed by atoms with van der Waals surface area (Å²) in [6.45, 7) is 25.8. The maximum atomic E-state index is 5.86. The lowest BCUT2D eigenvalue weighted by atomic mass is 10.0. The van der Waals surface area contributed by atoms with Gasteiger partial charge in [0.25, 0.3) is 0 Å². The number of thiophene rings is 2. The van der Waals surface area contributed by atoms with E-state index in [4.69, 9.17) is 8.83 Å². The zero-order chi connectivity index (χ0) is 70.4. The highest BCUT2D eigenvalue weighted by Crippen LogP contribution is 2.41. The number of nitrogens with zero attached hydrogens (tertiary/aromatic N) is 2. The summed E-state index contributed by atoms with van der Waals surface area (Å²) < 4.78 is 22.1. The van der Waals surface area contributed by atoms with Crippen LogP contribution in [0.25, 0.3) is 139 Å². The molecule has 0 bridgehead atoms. The summed E-state index contributed by atoms with van der Waals surface area (Å²) in [7, 11) is 0. The SMILES string of the molecule is Cc1ccc(C)c2c1oc1ccccc12.Cc1ccc2c(c1)c1cc(C)ccc1n2-c1ccccc1.Cc1ccc2c(c1)c1cc(C)ccc1n2-c1ccccc1.Cc1cccc2c1oc1cccc(C)c12.Cc1cccc2c1sc1cccc(C)c12.Cc1cccc2c1sc1cccc(C)c12. The fraction of sp³-hybridized carbons (Fsp3) is 0.125. The lowest BCUT2D eigenvalue weighted by Gasteiger charge is -2.07. The van der Waals surface area contributed by atoms with Crippen molar-refractivity contribution in [2.75, 3.05) is 0 Å². The van der Waals surface area contributed by atoms with Crippen LogP contribution in [-0.4, -0.2) is 9.13 Å². The molecule has 0 amide bonds. The summed E-state index contributed by atoms with van der Waals surface area (Å²) in [5.41, 5.74) is 27.2. The summed E-state index contributed by atoms with van der Waals surface area (Å²) in [6.07, 6.45) is 0. The number of hydrogen-bond acceptors (Lipinski definition) is 4. The first-order valence-electron chi connectivity index (χ1n) is 35.2. The maximum Gasteiger partial charge on any atom is 0.138 e. The number of fused-ring (bicyclic) bond motifs is 18. The number of aromatic nitrogens is 2. The molecular weight excluding hydrogens is 1280 g/mol. The van der Waals surface area contributed by atoms with E-state index in [9.17, 15) is 0 Å². The predicted octanol–water partition coefficient (Wildman–Crippen LogP) is 28.5. The molecule has 0 aliphatic carbocycles. The van der Waals surface area contributed by atoms with Crippen LogP contribution in [0.3, 0.4) is 0 Å². The Balaban J connectivity index is 0.0000000996. The van der Waals surface area contributed by atoms with E-state index >= 15 is 0 Å². The van der Waals surface area contributed by atoms with E-state index in [1.54, 1.807) is 0 Å². The third-order valence-corrected chi connectivity index (χ3v) is 22.5. The highest BCUT2D eigenvalue weighted by atomic mass is 32.1. The molecule has 0 unspecified atom stereocenters. The van der Waals surface area contributed by atoms with E-state index in [0.717, 1.165) is 22.3 Å². The van der Waals surface area contributed by atoms with E-state index in [1.165, 1.54) is 184 Å². The molecule has 6 heterocycles. The fourth-order valence-electron chi connectivity index (χ4n) is 14.8. The van der Waals surface area contributed by atoms with Crippen molar-refractivity contribution >= 4 is 151 Å². The molecule has 0 radical (unpaired) electrons. The molecule has 0 aliphatic rings. The monoisotopic (exact) mass is 1360 g/mol. The summed E-state index contributed by atoms with van der Waals surface area (Å²) in [4.78, 5) is 0. The first-order valence-corrected chi connectivity index (χ1v) is 36.8. The van der Waals surface area contributed by atoms with Crippen LogP contribution in [-0.2, 0) is 0 Å². The van der Waals surface area contributed by atoms with Crippen molar-refractivity contribution < 1.29 is 8.83 Å². The summed E-state index contributed by atoms with van der Waals surface area (Å²) in [5.74, 6) is 0. The van der Waals surface area contributed by atoms with Gasteiger partial charge in [-0.3, -0.25) is 0 Å². The Morgan fingerprint density at radius 2 is 0.559 bits per heavy atom. The second kappa shape index (κ2) is 28.0. The Hall–Kier alpha value is -11.3. The topological polar surface area (TPSA) is 36.1 Å². The van der Waals surface area contributed by atoms with Crippen LogP contribution in [0.5, 0.6) is 0 Å². The van der Waals surface area contributed by atoms with Crippen LogP contribution in [0.2, 0.25) is 0 Å². The quantitative estimate of drug-likeness (QED) is 0.173. The maximum absolute atomic E-state index is 5.86. The Morgan fingerprint density at radius 3 is 1.03 bits per heavy atom. The zero-order valence-corrected chi connectivity index (χ0v) is 61.7. The summed E-state index contributed by atoms with van der Waals surface area (Å²) >= 11 is 3.80. The number of rotatable bonds is 2. The van der Waals surface area contributed by atoms with Crippen LogP contribution < -0.4 is 0 Å². The van der Waals surface area contributed by atoms with Crippen molar-refractivity contribution in [3.05, 3.63) is 346 Å². The van der Waals surface area contributed by atoms with E-state index in [-0.39, 0.29) is 0 Å². The molecule has 0 atom stereocenters. The molecule has 0 saturated heterocycles. The molecular formula is C96H82N2O2S2. The predicted molar refractivity (Wildman–Crippen MR) is 445 cm³/mol. The molecule has 20 rings (SSSR count). The van der Waals surface area contributed by atoms with Crippen LogP contribution in [0.15, 0.2) is 288 Å². The highest BCUT2D eigenvalue weighted by molar-refractivity contribution is 7.26. The molecule has 20 aromatic rings. The Kier molecular flexibility index (Phi) is 18.3. The molecule has 0 spiro atoms. The molecule has 0 fully saturated rings. The summed E-state index contributed by atoms with van der Waals surface area (Å²) in [5, 5.41) is 16.0. The van der Waals surface area contributed by atoms with Crippen LogP contribution in [0, 0.1) is 83.1 Å². The molecule has 4 nitrogen and oxygen atoms in total. The Morgan fingerprint density at radius 1 is 0.225 bits per heavy atom. The van der Waals surface area contributed by atoms with E-state index < -0.39 is 0 Å². The lowest BCUT2D eigenvalue weighted by molar-refractivity contribution is 0.665. The second-order valence-electron chi connectivity index (χ2n) is 27.4. The van der Waals surface area contributed by atoms with Gasteiger partial charge in [0.1, 0.15) is 22.3 Å². The largest absolute Gasteiger partial charge is 0.456 e. The second-order valence-corrected chi connectivity index (χ2v) is 29.5. The number of para-hydroxylation sites is 4. The van der Waals surface area contributed by atoms with Crippen molar-refractivity contribution in [2.24, 2.45) is 0 Å². The van der Waals surface area contributed by atoms with Crippen LogP contribution in [0.1, 0.15) is 66.8 Å². The fourth-order valence-corrected chi connectivity index (χ4v) is 17.3. The molecule has 6 aromatic heterocycles. The van der Waals surface area contributed by atoms with Gasteiger partial charge in [-0.05, 0) is 225 Å². The normalized spacial score (nSPS) is 11.3. The standard InChI is InChI=1S/2C20H17N.2C14H12O.2C14H12S/c2*1-14-8-10-19-17(12-14)18-13-15(2)9-11-20(18)21(19)16-6-4-3-5-7-16;1-9-5-4-8-12-13(9)11-7-3-6-10(2)14(11)15-12;1-9-7-8-10(2)14-13(9)11-5-3-4-6-12(11)15-14;2*1-9-5-4-8-12-13(9)11-7-3-6-10(2)14(11)15-12/h2*3-13H,1-2H3;4*3-8H,1-2H3. The Labute approximate surface area is 604 Å². The van der Waals surface area contributed by atoms with Crippen molar-refractivity contribution in [2.45, 2.75) is 83.1 Å². The van der Waals surface area contributed by atoms with Crippen molar-refractivity contribution in [1.82, 2.24) is 9.13 Å². The third-order valence-electron chi connectivity index (χ3n) is 19.9. The minimum atomic E-state index is 0.977. The summed E-state index contributed by atoms with van der Waals surface area (Å²) in [6, 6.07) is 99.2. The van der Waals surface area contributed by atoms with Gasteiger partial charge in [-0.15, -0.1) is 22.7 Å². The molecule has 6 heteroatoms. The van der Waals surface area contributed by atoms with E-state index in [0.29, 0.717) is 0 Å². The van der Waals surface area contributed by atoms with Gasteiger partial charge >= 0.3 is 0 Å². The average molecular weight is 1360 g/mol. The van der Waals surface area contributed by atoms with Gasteiger partial charge in [0.05, 0.1) is 22.1 Å². The number of hydrogen-bond donors (Lipinski definition) is 0. The van der Waals surface area contributed by atoms with Gasteiger partial charge in [0, 0.05) is 94.8 Å². The number of aryl methyl sites for hydroxylation is 12. The zero-order valence-electron chi connectivity index (χ0n) is 60.1. The van der Waals surface area contributed by atoms with E-state index in [1.807, 2.05) is 46.9 Å². The van der Waals surface area contributed by atoms with Gasteiger partial charge in [0.2, 0.25) is 0 Å². The molecule has 0 aliphatic heterocycles. The van der Waals surface area contributed by atoms with Gasteiger partial charge in [0.15, 0.2) is 0 Å².